The fraction of sp³-hybridized carbons (Fsp3) is 0.444. The van der Waals surface area contributed by atoms with Gasteiger partial charge in [-0.1, -0.05) is 38.5 Å². The zero-order chi connectivity index (χ0) is 16.4. The molecule has 0 bridgehead atoms. The van der Waals surface area contributed by atoms with Crippen molar-refractivity contribution in [3.8, 4) is 5.69 Å². The van der Waals surface area contributed by atoms with Crippen molar-refractivity contribution in [3.63, 3.8) is 0 Å². The molecule has 2 amide bonds. The monoisotopic (exact) mass is 312 g/mol. The van der Waals surface area contributed by atoms with Gasteiger partial charge in [0.1, 0.15) is 0 Å². The van der Waals surface area contributed by atoms with E-state index >= 15 is 0 Å². The number of hydrogen-bond acceptors (Lipinski definition) is 2. The van der Waals surface area contributed by atoms with Gasteiger partial charge >= 0.3 is 6.03 Å². The number of anilines is 1. The van der Waals surface area contributed by atoms with Crippen molar-refractivity contribution in [3.05, 3.63) is 42.2 Å². The predicted molar refractivity (Wildman–Crippen MR) is 91.9 cm³/mol. The van der Waals surface area contributed by atoms with Gasteiger partial charge in [-0.15, -0.1) is 0 Å². The maximum Gasteiger partial charge on any atom is 0.319 e. The van der Waals surface area contributed by atoms with Gasteiger partial charge in [0.05, 0.1) is 23.3 Å². The Hall–Kier alpha value is -2.30. The highest BCUT2D eigenvalue weighted by Crippen LogP contribution is 2.37. The molecule has 1 saturated carbocycles. The molecular formula is C18H24N4O. The SMILES string of the molecule is Cc1nn(-c2ccccc2)cc1NC(=O)NC1CCCC1(C)C. The molecule has 2 aromatic rings. The van der Waals surface area contributed by atoms with E-state index in [4.69, 9.17) is 0 Å². The summed E-state index contributed by atoms with van der Waals surface area (Å²) in [6, 6.07) is 9.94. The maximum absolute atomic E-state index is 12.3. The minimum atomic E-state index is -0.152. The highest BCUT2D eigenvalue weighted by Gasteiger charge is 2.35. The van der Waals surface area contributed by atoms with E-state index in [1.54, 1.807) is 4.68 Å². The molecule has 0 spiro atoms. The zero-order valence-electron chi connectivity index (χ0n) is 14.0. The van der Waals surface area contributed by atoms with Crippen LogP contribution in [0.2, 0.25) is 0 Å². The van der Waals surface area contributed by atoms with E-state index < -0.39 is 0 Å². The number of aromatic nitrogens is 2. The van der Waals surface area contributed by atoms with E-state index in [1.807, 2.05) is 43.5 Å². The Morgan fingerprint density at radius 3 is 2.70 bits per heavy atom. The molecule has 1 aromatic carbocycles. The summed E-state index contributed by atoms with van der Waals surface area (Å²) in [5.41, 5.74) is 2.68. The average molecular weight is 312 g/mol. The van der Waals surface area contributed by atoms with Crippen LogP contribution in [0.4, 0.5) is 10.5 Å². The Kier molecular flexibility index (Phi) is 4.11. The van der Waals surface area contributed by atoms with Gasteiger partial charge in [0.25, 0.3) is 0 Å². The first-order chi connectivity index (χ1) is 11.0. The molecule has 2 N–H and O–H groups in total. The van der Waals surface area contributed by atoms with Gasteiger partial charge in [0.15, 0.2) is 0 Å². The molecule has 3 rings (SSSR count). The third-order valence-electron chi connectivity index (χ3n) is 4.73. The van der Waals surface area contributed by atoms with Crippen LogP contribution in [0.15, 0.2) is 36.5 Å². The number of benzene rings is 1. The summed E-state index contributed by atoms with van der Waals surface area (Å²) >= 11 is 0. The molecule has 5 heteroatoms. The van der Waals surface area contributed by atoms with Crippen LogP contribution in [-0.2, 0) is 0 Å². The van der Waals surface area contributed by atoms with Gasteiger partial charge in [0, 0.05) is 6.04 Å². The van der Waals surface area contributed by atoms with Crippen LogP contribution in [0, 0.1) is 12.3 Å². The quantitative estimate of drug-likeness (QED) is 0.903. The fourth-order valence-corrected chi connectivity index (χ4v) is 3.21. The number of aryl methyl sites for hydroxylation is 1. The summed E-state index contributed by atoms with van der Waals surface area (Å²) in [5, 5.41) is 10.5. The molecule has 1 aliphatic carbocycles. The summed E-state index contributed by atoms with van der Waals surface area (Å²) < 4.78 is 1.78. The number of carbonyl (C=O) groups excluding carboxylic acids is 1. The first-order valence-corrected chi connectivity index (χ1v) is 8.15. The molecule has 1 heterocycles. The number of nitrogens with zero attached hydrogens (tertiary/aromatic N) is 2. The van der Waals surface area contributed by atoms with E-state index in [9.17, 15) is 4.79 Å². The lowest BCUT2D eigenvalue weighted by Crippen LogP contribution is -2.43. The number of carbonyl (C=O) groups is 1. The highest BCUT2D eigenvalue weighted by molar-refractivity contribution is 5.90. The normalized spacial score (nSPS) is 19.5. The van der Waals surface area contributed by atoms with E-state index in [0.29, 0.717) is 0 Å². The Labute approximate surface area is 137 Å². The van der Waals surface area contributed by atoms with Crippen molar-refractivity contribution < 1.29 is 4.79 Å². The second kappa shape index (κ2) is 6.07. The van der Waals surface area contributed by atoms with Crippen LogP contribution in [0.3, 0.4) is 0 Å². The van der Waals surface area contributed by atoms with Gasteiger partial charge in [0.2, 0.25) is 0 Å². The maximum atomic E-state index is 12.3. The van der Waals surface area contributed by atoms with Crippen LogP contribution < -0.4 is 10.6 Å². The standard InChI is InChI=1S/C18H24N4O/c1-13-15(12-22(21-13)14-8-5-4-6-9-14)19-17(23)20-16-10-7-11-18(16,2)3/h4-6,8-9,12,16H,7,10-11H2,1-3H3,(H2,19,20,23). The predicted octanol–water partition coefficient (Wildman–Crippen LogP) is 3.88. The molecule has 23 heavy (non-hydrogen) atoms. The van der Waals surface area contributed by atoms with E-state index in [0.717, 1.165) is 29.9 Å². The van der Waals surface area contributed by atoms with E-state index in [2.05, 4.69) is 29.6 Å². The Morgan fingerprint density at radius 1 is 1.30 bits per heavy atom. The number of urea groups is 1. The van der Waals surface area contributed by atoms with Crippen LogP contribution in [-0.4, -0.2) is 21.9 Å². The molecule has 0 aliphatic heterocycles. The van der Waals surface area contributed by atoms with Crippen molar-refractivity contribution in [1.29, 1.82) is 0 Å². The number of nitrogens with one attached hydrogen (secondary N) is 2. The topological polar surface area (TPSA) is 59.0 Å². The summed E-state index contributed by atoms with van der Waals surface area (Å²) in [7, 11) is 0. The Bertz CT molecular complexity index is 690. The van der Waals surface area contributed by atoms with Crippen LogP contribution >= 0.6 is 0 Å². The number of para-hydroxylation sites is 1. The first-order valence-electron chi connectivity index (χ1n) is 8.15. The molecular weight excluding hydrogens is 288 g/mol. The van der Waals surface area contributed by atoms with Gasteiger partial charge in [-0.2, -0.15) is 5.10 Å². The van der Waals surface area contributed by atoms with Crippen molar-refractivity contribution in [2.45, 2.75) is 46.1 Å². The van der Waals surface area contributed by atoms with E-state index in [1.165, 1.54) is 6.42 Å². The molecule has 5 nitrogen and oxygen atoms in total. The fourth-order valence-electron chi connectivity index (χ4n) is 3.21. The molecule has 1 aliphatic rings. The van der Waals surface area contributed by atoms with Crippen molar-refractivity contribution in [1.82, 2.24) is 15.1 Å². The number of amides is 2. The molecule has 0 radical (unpaired) electrons. The molecule has 1 atom stereocenters. The second-order valence-corrected chi connectivity index (χ2v) is 6.94. The molecule has 1 fully saturated rings. The summed E-state index contributed by atoms with van der Waals surface area (Å²) in [5.74, 6) is 0. The minimum Gasteiger partial charge on any atom is -0.335 e. The van der Waals surface area contributed by atoms with Crippen molar-refractivity contribution in [2.75, 3.05) is 5.32 Å². The van der Waals surface area contributed by atoms with Gasteiger partial charge in [-0.3, -0.25) is 0 Å². The molecule has 1 unspecified atom stereocenters. The van der Waals surface area contributed by atoms with Gasteiger partial charge < -0.3 is 10.6 Å². The lowest BCUT2D eigenvalue weighted by Gasteiger charge is -2.27. The lowest BCUT2D eigenvalue weighted by molar-refractivity contribution is 0.233. The number of hydrogen-bond donors (Lipinski definition) is 2. The third-order valence-corrected chi connectivity index (χ3v) is 4.73. The zero-order valence-corrected chi connectivity index (χ0v) is 14.0. The van der Waals surface area contributed by atoms with Crippen LogP contribution in [0.25, 0.3) is 5.69 Å². The average Bonchev–Trinajstić information content (AvgIpc) is 3.03. The highest BCUT2D eigenvalue weighted by atomic mass is 16.2. The smallest absolute Gasteiger partial charge is 0.319 e. The summed E-state index contributed by atoms with van der Waals surface area (Å²) in [4.78, 5) is 12.3. The number of rotatable bonds is 3. The largest absolute Gasteiger partial charge is 0.335 e. The summed E-state index contributed by atoms with van der Waals surface area (Å²) in [6.45, 7) is 6.32. The minimum absolute atomic E-state index is 0.152. The van der Waals surface area contributed by atoms with Gasteiger partial charge in [-0.25, -0.2) is 9.48 Å². The summed E-state index contributed by atoms with van der Waals surface area (Å²) in [6.07, 6.45) is 5.22. The molecule has 122 valence electrons. The molecule has 1 aromatic heterocycles. The first kappa shape index (κ1) is 15.6. The Balaban J connectivity index is 1.68. The van der Waals surface area contributed by atoms with Gasteiger partial charge in [-0.05, 0) is 37.3 Å². The van der Waals surface area contributed by atoms with Crippen molar-refractivity contribution >= 4 is 11.7 Å². The third kappa shape index (κ3) is 3.38. The van der Waals surface area contributed by atoms with Crippen LogP contribution in [0.5, 0.6) is 0 Å². The Morgan fingerprint density at radius 2 is 2.04 bits per heavy atom. The van der Waals surface area contributed by atoms with Crippen LogP contribution in [0.1, 0.15) is 38.8 Å². The second-order valence-electron chi connectivity index (χ2n) is 6.94. The van der Waals surface area contributed by atoms with E-state index in [-0.39, 0.29) is 17.5 Å². The van der Waals surface area contributed by atoms with Crippen molar-refractivity contribution in [2.24, 2.45) is 5.41 Å². The molecule has 0 saturated heterocycles. The lowest BCUT2D eigenvalue weighted by atomic mass is 9.87.